The number of sulfonamides is 1. The van der Waals surface area contributed by atoms with Crippen LogP contribution in [0.4, 0.5) is 5.69 Å². The van der Waals surface area contributed by atoms with Crippen molar-refractivity contribution < 1.29 is 17.9 Å². The zero-order valence-electron chi connectivity index (χ0n) is 18.3. The molecule has 1 aliphatic rings. The van der Waals surface area contributed by atoms with Crippen molar-refractivity contribution in [1.82, 2.24) is 5.32 Å². The number of para-hydroxylation sites is 1. The average Bonchev–Trinajstić information content (AvgIpc) is 2.74. The molecule has 6 nitrogen and oxygen atoms in total. The van der Waals surface area contributed by atoms with Crippen molar-refractivity contribution in [2.45, 2.75) is 62.8 Å². The molecule has 7 heteroatoms. The number of carbonyl (C=O) groups is 1. The molecule has 1 aliphatic carbocycles. The Kier molecular flexibility index (Phi) is 7.96. The molecular weight excluding hydrogens is 412 g/mol. The number of rotatable bonds is 7. The van der Waals surface area contributed by atoms with Crippen molar-refractivity contribution in [2.75, 3.05) is 18.0 Å². The summed E-state index contributed by atoms with van der Waals surface area (Å²) in [6.45, 7) is 1.55. The first-order chi connectivity index (χ1) is 14.9. The molecule has 0 aliphatic heterocycles. The lowest BCUT2D eigenvalue weighted by atomic mass is 9.97. The maximum Gasteiger partial charge on any atom is 0.268 e. The fourth-order valence-electron chi connectivity index (χ4n) is 4.02. The quantitative estimate of drug-likeness (QED) is 0.686. The van der Waals surface area contributed by atoms with Gasteiger partial charge in [0.2, 0.25) is 5.91 Å². The van der Waals surface area contributed by atoms with Crippen molar-refractivity contribution in [3.05, 3.63) is 54.1 Å². The maximum absolute atomic E-state index is 13.7. The summed E-state index contributed by atoms with van der Waals surface area (Å²) < 4.78 is 33.8. The molecule has 0 saturated heterocycles. The second kappa shape index (κ2) is 10.7. The zero-order valence-corrected chi connectivity index (χ0v) is 19.2. The SMILES string of the molecule is COc1ccc(C)cc1S(=O)(=O)N(CC(=O)NC1CCCCCCC1)c1ccccc1. The van der Waals surface area contributed by atoms with E-state index >= 15 is 0 Å². The number of carbonyl (C=O) groups excluding carboxylic acids is 1. The van der Waals surface area contributed by atoms with Crippen LogP contribution in [0.2, 0.25) is 0 Å². The molecule has 1 fully saturated rings. The summed E-state index contributed by atoms with van der Waals surface area (Å²) in [6.07, 6.45) is 7.68. The molecule has 0 atom stereocenters. The van der Waals surface area contributed by atoms with Gasteiger partial charge in [0.25, 0.3) is 10.0 Å². The normalized spacial score (nSPS) is 15.5. The maximum atomic E-state index is 13.7. The highest BCUT2D eigenvalue weighted by molar-refractivity contribution is 7.93. The summed E-state index contributed by atoms with van der Waals surface area (Å²) in [5.41, 5.74) is 1.24. The third-order valence-corrected chi connectivity index (χ3v) is 7.48. The van der Waals surface area contributed by atoms with Gasteiger partial charge in [-0.25, -0.2) is 8.42 Å². The minimum atomic E-state index is -4.02. The molecule has 0 spiro atoms. The predicted molar refractivity (Wildman–Crippen MR) is 123 cm³/mol. The lowest BCUT2D eigenvalue weighted by Gasteiger charge is -2.27. The van der Waals surface area contributed by atoms with Crippen LogP contribution in [0.25, 0.3) is 0 Å². The highest BCUT2D eigenvalue weighted by Gasteiger charge is 2.30. The first-order valence-electron chi connectivity index (χ1n) is 10.9. The number of methoxy groups -OCH3 is 1. The molecular formula is C24H32N2O4S. The van der Waals surface area contributed by atoms with Gasteiger partial charge in [-0.15, -0.1) is 0 Å². The molecule has 1 N–H and O–H groups in total. The Morgan fingerprint density at radius 1 is 1.03 bits per heavy atom. The minimum absolute atomic E-state index is 0.0533. The van der Waals surface area contributed by atoms with E-state index < -0.39 is 10.0 Å². The Morgan fingerprint density at radius 3 is 2.32 bits per heavy atom. The van der Waals surface area contributed by atoms with E-state index in [1.54, 1.807) is 42.5 Å². The number of ether oxygens (including phenoxy) is 1. The third-order valence-electron chi connectivity index (χ3n) is 5.69. The van der Waals surface area contributed by atoms with Crippen molar-refractivity contribution >= 4 is 21.6 Å². The third kappa shape index (κ3) is 6.00. The first kappa shape index (κ1) is 23.1. The van der Waals surface area contributed by atoms with Gasteiger partial charge in [0, 0.05) is 6.04 Å². The Labute approximate surface area is 185 Å². The molecule has 0 bridgehead atoms. The van der Waals surface area contributed by atoms with Gasteiger partial charge in [-0.3, -0.25) is 9.10 Å². The summed E-state index contributed by atoms with van der Waals surface area (Å²) in [7, 11) is -2.58. The number of nitrogens with zero attached hydrogens (tertiary/aromatic N) is 1. The number of hydrogen-bond donors (Lipinski definition) is 1. The Balaban J connectivity index is 1.88. The largest absolute Gasteiger partial charge is 0.495 e. The summed E-state index contributed by atoms with van der Waals surface area (Å²) in [5.74, 6) is -0.0309. The number of amides is 1. The lowest BCUT2D eigenvalue weighted by Crippen LogP contribution is -2.44. The van der Waals surface area contributed by atoms with Crippen LogP contribution in [0.1, 0.15) is 50.5 Å². The Morgan fingerprint density at radius 2 is 1.68 bits per heavy atom. The van der Waals surface area contributed by atoms with E-state index in [2.05, 4.69) is 5.32 Å². The molecule has 31 heavy (non-hydrogen) atoms. The van der Waals surface area contributed by atoms with E-state index in [1.807, 2.05) is 13.0 Å². The first-order valence-corrected chi connectivity index (χ1v) is 12.4. The fourth-order valence-corrected chi connectivity index (χ4v) is 5.68. The summed E-state index contributed by atoms with van der Waals surface area (Å²) in [6, 6.07) is 13.8. The zero-order chi connectivity index (χ0) is 22.3. The van der Waals surface area contributed by atoms with Gasteiger partial charge >= 0.3 is 0 Å². The molecule has 0 radical (unpaired) electrons. The number of hydrogen-bond acceptors (Lipinski definition) is 4. The molecule has 0 aromatic heterocycles. The van der Waals surface area contributed by atoms with Crippen LogP contribution in [0.5, 0.6) is 5.75 Å². The second-order valence-electron chi connectivity index (χ2n) is 8.11. The number of nitrogens with one attached hydrogen (secondary N) is 1. The highest BCUT2D eigenvalue weighted by Crippen LogP contribution is 2.30. The summed E-state index contributed by atoms with van der Waals surface area (Å²) in [5, 5.41) is 3.07. The van der Waals surface area contributed by atoms with Gasteiger partial charge in [0.1, 0.15) is 17.2 Å². The van der Waals surface area contributed by atoms with E-state index in [1.165, 1.54) is 30.7 Å². The van der Waals surface area contributed by atoms with Gasteiger partial charge in [0.05, 0.1) is 12.8 Å². The number of aryl methyl sites for hydroxylation is 1. The lowest BCUT2D eigenvalue weighted by molar-refractivity contribution is -0.120. The molecule has 2 aromatic rings. The van der Waals surface area contributed by atoms with Crippen LogP contribution in [0.15, 0.2) is 53.4 Å². The number of benzene rings is 2. The second-order valence-corrected chi connectivity index (χ2v) is 9.94. The molecule has 3 rings (SSSR count). The van der Waals surface area contributed by atoms with Crippen molar-refractivity contribution in [2.24, 2.45) is 0 Å². The fraction of sp³-hybridized carbons (Fsp3) is 0.458. The molecule has 1 amide bonds. The topological polar surface area (TPSA) is 75.7 Å². The van der Waals surface area contributed by atoms with Crippen molar-refractivity contribution in [3.8, 4) is 5.75 Å². The minimum Gasteiger partial charge on any atom is -0.495 e. The Hall–Kier alpha value is -2.54. The molecule has 0 heterocycles. The van der Waals surface area contributed by atoms with Gasteiger partial charge in [-0.05, 0) is 49.6 Å². The van der Waals surface area contributed by atoms with Crippen LogP contribution in [0, 0.1) is 6.92 Å². The standard InChI is InChI=1S/C24H32N2O4S/c1-19-15-16-22(30-2)23(17-19)31(28,29)26(21-13-9-6-10-14-21)18-24(27)25-20-11-7-4-3-5-8-12-20/h6,9-10,13-17,20H,3-5,7-8,11-12,18H2,1-2H3,(H,25,27). The van der Waals surface area contributed by atoms with Crippen LogP contribution >= 0.6 is 0 Å². The summed E-state index contributed by atoms with van der Waals surface area (Å²) >= 11 is 0. The van der Waals surface area contributed by atoms with Crippen LogP contribution < -0.4 is 14.4 Å². The van der Waals surface area contributed by atoms with E-state index in [4.69, 9.17) is 4.74 Å². The van der Waals surface area contributed by atoms with E-state index in [-0.39, 0.29) is 29.1 Å². The predicted octanol–water partition coefficient (Wildman–Crippen LogP) is 4.43. The number of anilines is 1. The average molecular weight is 445 g/mol. The molecule has 1 saturated carbocycles. The van der Waals surface area contributed by atoms with Crippen LogP contribution in [0.3, 0.4) is 0 Å². The van der Waals surface area contributed by atoms with Gasteiger partial charge in [0.15, 0.2) is 0 Å². The van der Waals surface area contributed by atoms with E-state index in [0.717, 1.165) is 31.2 Å². The molecule has 0 unspecified atom stereocenters. The van der Waals surface area contributed by atoms with E-state index in [9.17, 15) is 13.2 Å². The Bertz CT molecular complexity index is 968. The molecule has 168 valence electrons. The van der Waals surface area contributed by atoms with Crippen LogP contribution in [-0.4, -0.2) is 34.0 Å². The van der Waals surface area contributed by atoms with Crippen molar-refractivity contribution in [1.29, 1.82) is 0 Å². The van der Waals surface area contributed by atoms with E-state index in [0.29, 0.717) is 5.69 Å². The van der Waals surface area contributed by atoms with Crippen molar-refractivity contribution in [3.63, 3.8) is 0 Å². The van der Waals surface area contributed by atoms with Crippen LogP contribution in [-0.2, 0) is 14.8 Å². The monoisotopic (exact) mass is 444 g/mol. The summed E-state index contributed by atoms with van der Waals surface area (Å²) in [4.78, 5) is 13.0. The van der Waals surface area contributed by atoms with Gasteiger partial charge < -0.3 is 10.1 Å². The van der Waals surface area contributed by atoms with Gasteiger partial charge in [-0.1, -0.05) is 56.4 Å². The smallest absolute Gasteiger partial charge is 0.268 e. The molecule has 2 aromatic carbocycles. The highest BCUT2D eigenvalue weighted by atomic mass is 32.2. The van der Waals surface area contributed by atoms with Gasteiger partial charge in [-0.2, -0.15) is 0 Å².